The number of non-ortho nitro benzene ring substituents is 1. The Morgan fingerprint density at radius 3 is 2.58 bits per heavy atom. The van der Waals surface area contributed by atoms with Crippen LogP contribution in [0.2, 0.25) is 5.02 Å². The second-order valence-electron chi connectivity index (χ2n) is 5.89. The molecule has 0 unspecified atom stereocenters. The number of ether oxygens (including phenoxy) is 1. The molecular weight excluding hydrogens is 366 g/mol. The fourth-order valence-electron chi connectivity index (χ4n) is 3.28. The summed E-state index contributed by atoms with van der Waals surface area (Å²) in [4.78, 5) is 35.5. The van der Waals surface area contributed by atoms with Crippen molar-refractivity contribution < 1.29 is 19.4 Å². The van der Waals surface area contributed by atoms with Gasteiger partial charge in [0.15, 0.2) is 5.75 Å². The molecule has 4 rings (SSSR count). The van der Waals surface area contributed by atoms with E-state index < -0.39 is 15.8 Å². The van der Waals surface area contributed by atoms with Gasteiger partial charge < -0.3 is 9.64 Å². The highest BCUT2D eigenvalue weighted by Crippen LogP contribution is 2.49. The Bertz CT molecular complexity index is 1010. The number of amides is 1. The van der Waals surface area contributed by atoms with Gasteiger partial charge in [-0.25, -0.2) is 0 Å². The number of rotatable bonds is 2. The molecule has 2 aliphatic rings. The normalized spacial score (nSPS) is 14.8. The van der Waals surface area contributed by atoms with E-state index in [2.05, 4.69) is 0 Å². The molecule has 132 valence electrons. The molecule has 0 saturated carbocycles. The van der Waals surface area contributed by atoms with Gasteiger partial charge in [-0.2, -0.15) is 0 Å². The summed E-state index contributed by atoms with van der Waals surface area (Å²) < 4.78 is 5.75. The summed E-state index contributed by atoms with van der Waals surface area (Å²) in [5, 5.41) is 22.3. The van der Waals surface area contributed by atoms with Crippen molar-refractivity contribution in [1.82, 2.24) is 0 Å². The van der Waals surface area contributed by atoms with Crippen LogP contribution in [0, 0.1) is 20.2 Å². The summed E-state index contributed by atoms with van der Waals surface area (Å²) in [5.74, 6) is -0.223. The Balaban J connectivity index is 1.98. The third-order valence-corrected chi connectivity index (χ3v) is 4.84. The van der Waals surface area contributed by atoms with E-state index in [0.29, 0.717) is 30.6 Å². The van der Waals surface area contributed by atoms with E-state index in [4.69, 9.17) is 16.3 Å². The van der Waals surface area contributed by atoms with Crippen molar-refractivity contribution in [3.05, 3.63) is 60.6 Å². The highest BCUT2D eigenvalue weighted by Gasteiger charge is 2.37. The Kier molecular flexibility index (Phi) is 3.55. The zero-order valence-electron chi connectivity index (χ0n) is 13.1. The molecule has 0 N–H and O–H groups in total. The van der Waals surface area contributed by atoms with Crippen LogP contribution in [-0.2, 0) is 6.42 Å². The maximum Gasteiger partial charge on any atom is 0.292 e. The first kappa shape index (κ1) is 16.3. The van der Waals surface area contributed by atoms with Crippen molar-refractivity contribution in [1.29, 1.82) is 0 Å². The van der Waals surface area contributed by atoms with Crippen LogP contribution in [0.4, 0.5) is 17.1 Å². The summed E-state index contributed by atoms with van der Waals surface area (Å²) in [7, 11) is 0. The van der Waals surface area contributed by atoms with Gasteiger partial charge in [-0.1, -0.05) is 11.6 Å². The van der Waals surface area contributed by atoms with Crippen LogP contribution in [0.15, 0.2) is 24.3 Å². The summed E-state index contributed by atoms with van der Waals surface area (Å²) in [5.41, 5.74) is 0.337. The second kappa shape index (κ2) is 5.67. The number of fused-ring (bicyclic) bond motifs is 1. The summed E-state index contributed by atoms with van der Waals surface area (Å²) in [6.45, 7) is 0.360. The van der Waals surface area contributed by atoms with Crippen LogP contribution in [0.5, 0.6) is 11.5 Å². The van der Waals surface area contributed by atoms with Crippen LogP contribution in [0.1, 0.15) is 22.3 Å². The Labute approximate surface area is 151 Å². The van der Waals surface area contributed by atoms with Crippen LogP contribution in [-0.4, -0.2) is 22.3 Å². The van der Waals surface area contributed by atoms with Gasteiger partial charge in [0.1, 0.15) is 10.8 Å². The standard InChI is InChI=1S/C16H10ClN3O6/c17-14-9-2-1-5-18-15(9)13(7-11(14)20(24)25)26-12-4-3-8(19(22)23)6-10(12)16(18)21/h3-4,6-7H,1-2,5H2. The van der Waals surface area contributed by atoms with Crippen LogP contribution < -0.4 is 9.64 Å². The summed E-state index contributed by atoms with van der Waals surface area (Å²) >= 11 is 6.19. The molecular formula is C16H10ClN3O6. The number of hydrogen-bond acceptors (Lipinski definition) is 6. The first-order chi connectivity index (χ1) is 12.4. The Morgan fingerprint density at radius 1 is 1.12 bits per heavy atom. The fraction of sp³-hybridized carbons (Fsp3) is 0.188. The third kappa shape index (κ3) is 2.28. The number of benzene rings is 2. The number of halogens is 1. The van der Waals surface area contributed by atoms with Crippen molar-refractivity contribution in [3.63, 3.8) is 0 Å². The molecule has 0 aromatic heterocycles. The molecule has 0 atom stereocenters. The highest BCUT2D eigenvalue weighted by molar-refractivity contribution is 6.34. The van der Waals surface area contributed by atoms with Crippen molar-refractivity contribution in [2.24, 2.45) is 0 Å². The van der Waals surface area contributed by atoms with E-state index in [9.17, 15) is 25.0 Å². The van der Waals surface area contributed by atoms with E-state index in [1.165, 1.54) is 23.1 Å². The minimum Gasteiger partial charge on any atom is -0.454 e. The average Bonchev–Trinajstić information content (AvgIpc) is 2.73. The van der Waals surface area contributed by atoms with E-state index in [-0.39, 0.29) is 33.5 Å². The molecule has 2 aromatic rings. The summed E-state index contributed by atoms with van der Waals surface area (Å²) in [6, 6.07) is 4.86. The lowest BCUT2D eigenvalue weighted by Gasteiger charge is -2.29. The maximum absolute atomic E-state index is 13.0. The molecule has 0 spiro atoms. The fourth-order valence-corrected chi connectivity index (χ4v) is 3.59. The lowest BCUT2D eigenvalue weighted by molar-refractivity contribution is -0.385. The third-order valence-electron chi connectivity index (χ3n) is 4.42. The molecule has 2 aromatic carbocycles. The van der Waals surface area contributed by atoms with Crippen molar-refractivity contribution in [2.75, 3.05) is 11.4 Å². The van der Waals surface area contributed by atoms with E-state index in [1.54, 1.807) is 0 Å². The van der Waals surface area contributed by atoms with Crippen LogP contribution in [0.25, 0.3) is 0 Å². The number of carbonyl (C=O) groups is 1. The summed E-state index contributed by atoms with van der Waals surface area (Å²) in [6.07, 6.45) is 1.02. The predicted octanol–water partition coefficient (Wildman–Crippen LogP) is 3.86. The first-order valence-electron chi connectivity index (χ1n) is 7.66. The molecule has 0 radical (unpaired) electrons. The monoisotopic (exact) mass is 375 g/mol. The second-order valence-corrected chi connectivity index (χ2v) is 6.27. The van der Waals surface area contributed by atoms with Gasteiger partial charge in [-0.05, 0) is 18.9 Å². The largest absolute Gasteiger partial charge is 0.454 e. The number of carbonyl (C=O) groups excluding carboxylic acids is 1. The van der Waals surface area contributed by atoms with Gasteiger partial charge in [0.25, 0.3) is 17.3 Å². The Hall–Kier alpha value is -3.20. The number of nitro groups is 2. The minimum atomic E-state index is -0.606. The average molecular weight is 376 g/mol. The number of nitro benzene ring substituents is 2. The first-order valence-corrected chi connectivity index (χ1v) is 8.04. The van der Waals surface area contributed by atoms with Crippen molar-refractivity contribution in [3.8, 4) is 11.5 Å². The smallest absolute Gasteiger partial charge is 0.292 e. The van der Waals surface area contributed by atoms with Crippen LogP contribution >= 0.6 is 11.6 Å². The zero-order valence-corrected chi connectivity index (χ0v) is 13.9. The minimum absolute atomic E-state index is 0.0215. The van der Waals surface area contributed by atoms with Gasteiger partial charge in [0.2, 0.25) is 0 Å². The lowest BCUT2D eigenvalue weighted by Crippen LogP contribution is -2.35. The molecule has 0 fully saturated rings. The predicted molar refractivity (Wildman–Crippen MR) is 91.3 cm³/mol. The molecule has 0 aliphatic carbocycles. The molecule has 9 nitrogen and oxygen atoms in total. The van der Waals surface area contributed by atoms with Crippen molar-refractivity contribution >= 4 is 34.6 Å². The van der Waals surface area contributed by atoms with Gasteiger partial charge in [-0.15, -0.1) is 0 Å². The Morgan fingerprint density at radius 2 is 1.88 bits per heavy atom. The van der Waals surface area contributed by atoms with Gasteiger partial charge >= 0.3 is 0 Å². The van der Waals surface area contributed by atoms with Gasteiger partial charge in [0.05, 0.1) is 27.2 Å². The topological polar surface area (TPSA) is 116 Å². The molecule has 0 bridgehead atoms. The molecule has 10 heteroatoms. The van der Waals surface area contributed by atoms with Crippen LogP contribution in [0.3, 0.4) is 0 Å². The van der Waals surface area contributed by atoms with E-state index >= 15 is 0 Å². The lowest BCUT2D eigenvalue weighted by atomic mass is 9.99. The van der Waals surface area contributed by atoms with Gasteiger partial charge in [0, 0.05) is 24.2 Å². The van der Waals surface area contributed by atoms with Crippen molar-refractivity contribution in [2.45, 2.75) is 12.8 Å². The van der Waals surface area contributed by atoms with Gasteiger partial charge in [-0.3, -0.25) is 25.0 Å². The molecule has 26 heavy (non-hydrogen) atoms. The maximum atomic E-state index is 13.0. The highest BCUT2D eigenvalue weighted by atomic mass is 35.5. The quantitative estimate of drug-likeness (QED) is 0.581. The zero-order chi connectivity index (χ0) is 18.6. The SMILES string of the molecule is O=C1c2cc([N+](=O)[O-])ccc2Oc2cc([N+](=O)[O-])c(Cl)c3c2N1CCC3. The number of anilines is 1. The molecule has 0 saturated heterocycles. The number of nitrogens with zero attached hydrogens (tertiary/aromatic N) is 3. The van der Waals surface area contributed by atoms with E-state index in [1.807, 2.05) is 0 Å². The number of hydrogen-bond donors (Lipinski definition) is 0. The molecule has 2 aliphatic heterocycles. The molecule has 1 amide bonds. The molecule has 2 heterocycles. The van der Waals surface area contributed by atoms with E-state index in [0.717, 1.165) is 6.07 Å².